The lowest BCUT2D eigenvalue weighted by Crippen LogP contribution is -2.15. The van der Waals surface area contributed by atoms with Crippen LogP contribution in [0.25, 0.3) is 11.0 Å². The van der Waals surface area contributed by atoms with Crippen molar-refractivity contribution in [1.29, 1.82) is 0 Å². The highest BCUT2D eigenvalue weighted by atomic mass is 35.5. The van der Waals surface area contributed by atoms with Gasteiger partial charge >= 0.3 is 0 Å². The molecule has 0 saturated carbocycles. The van der Waals surface area contributed by atoms with Gasteiger partial charge in [0.2, 0.25) is 0 Å². The predicted octanol–water partition coefficient (Wildman–Crippen LogP) is 4.02. The maximum atomic E-state index is 12.3. The molecule has 122 valence electrons. The highest BCUT2D eigenvalue weighted by Crippen LogP contribution is 2.22. The van der Waals surface area contributed by atoms with Crippen molar-refractivity contribution in [2.75, 3.05) is 12.4 Å². The minimum atomic E-state index is -0.531. The largest absolute Gasteiger partial charge is 0.497 e. The van der Waals surface area contributed by atoms with Gasteiger partial charge in [0.15, 0.2) is 11.2 Å². The number of carbonyl (C=O) groups is 1. The Bertz CT molecular complexity index is 994. The number of nitrogens with one attached hydrogen (secondary N) is 1. The predicted molar refractivity (Wildman–Crippen MR) is 93.2 cm³/mol. The zero-order chi connectivity index (χ0) is 17.3. The van der Waals surface area contributed by atoms with Crippen LogP contribution < -0.4 is 15.5 Å². The van der Waals surface area contributed by atoms with E-state index >= 15 is 0 Å². The molecular weight excluding hydrogens is 330 g/mol. The maximum Gasteiger partial charge on any atom is 0.291 e. The molecular formula is C18H14ClNO4. The second kappa shape index (κ2) is 6.37. The lowest BCUT2D eigenvalue weighted by atomic mass is 10.2. The molecule has 0 saturated heterocycles. The molecule has 5 nitrogen and oxygen atoms in total. The van der Waals surface area contributed by atoms with Crippen LogP contribution in [-0.4, -0.2) is 13.0 Å². The SMILES string of the molecule is COc1ccc2c(=O)cc(C(=O)Nc3ccc(C)c(Cl)c3)oc2c1. The highest BCUT2D eigenvalue weighted by molar-refractivity contribution is 6.31. The van der Waals surface area contributed by atoms with Crippen LogP contribution in [0.2, 0.25) is 5.02 Å². The molecule has 1 N–H and O–H groups in total. The fourth-order valence-corrected chi connectivity index (χ4v) is 2.42. The quantitative estimate of drug-likeness (QED) is 0.780. The summed E-state index contributed by atoms with van der Waals surface area (Å²) < 4.78 is 10.7. The van der Waals surface area contributed by atoms with Crippen LogP contribution in [0.15, 0.2) is 51.7 Å². The third-order valence-corrected chi connectivity index (χ3v) is 4.00. The Morgan fingerprint density at radius 2 is 1.96 bits per heavy atom. The van der Waals surface area contributed by atoms with Crippen LogP contribution >= 0.6 is 11.6 Å². The fourth-order valence-electron chi connectivity index (χ4n) is 2.24. The summed E-state index contributed by atoms with van der Waals surface area (Å²) in [5.41, 5.74) is 1.41. The van der Waals surface area contributed by atoms with Crippen molar-refractivity contribution in [2.24, 2.45) is 0 Å². The van der Waals surface area contributed by atoms with Crippen LogP contribution in [0.4, 0.5) is 5.69 Å². The van der Waals surface area contributed by atoms with Crippen molar-refractivity contribution >= 4 is 34.2 Å². The van der Waals surface area contributed by atoms with Crippen molar-refractivity contribution < 1.29 is 13.9 Å². The van der Waals surface area contributed by atoms with Crippen molar-refractivity contribution in [3.63, 3.8) is 0 Å². The summed E-state index contributed by atoms with van der Waals surface area (Å²) in [6.07, 6.45) is 0. The topological polar surface area (TPSA) is 68.5 Å². The first-order valence-electron chi connectivity index (χ1n) is 7.17. The van der Waals surface area contributed by atoms with E-state index in [0.717, 1.165) is 5.56 Å². The molecule has 1 amide bonds. The zero-order valence-electron chi connectivity index (χ0n) is 13.1. The zero-order valence-corrected chi connectivity index (χ0v) is 13.8. The van der Waals surface area contributed by atoms with E-state index in [1.165, 1.54) is 13.2 Å². The number of hydrogen-bond acceptors (Lipinski definition) is 4. The maximum absolute atomic E-state index is 12.3. The average molecular weight is 344 g/mol. The normalized spacial score (nSPS) is 10.6. The van der Waals surface area contributed by atoms with Gasteiger partial charge in [-0.05, 0) is 36.8 Å². The molecule has 24 heavy (non-hydrogen) atoms. The monoisotopic (exact) mass is 343 g/mol. The molecule has 0 radical (unpaired) electrons. The lowest BCUT2D eigenvalue weighted by molar-refractivity contribution is 0.0997. The molecule has 3 rings (SSSR count). The van der Waals surface area contributed by atoms with E-state index in [1.54, 1.807) is 36.4 Å². The van der Waals surface area contributed by atoms with Crippen molar-refractivity contribution in [1.82, 2.24) is 0 Å². The summed E-state index contributed by atoms with van der Waals surface area (Å²) in [5, 5.41) is 3.58. The van der Waals surface area contributed by atoms with E-state index < -0.39 is 5.91 Å². The van der Waals surface area contributed by atoms with Gasteiger partial charge in [0, 0.05) is 22.8 Å². The Hall–Kier alpha value is -2.79. The Balaban J connectivity index is 1.97. The third kappa shape index (κ3) is 3.12. The van der Waals surface area contributed by atoms with Gasteiger partial charge < -0.3 is 14.5 Å². The number of hydrogen-bond donors (Lipinski definition) is 1. The van der Waals surface area contributed by atoms with Crippen LogP contribution in [0, 0.1) is 6.92 Å². The van der Waals surface area contributed by atoms with Crippen LogP contribution in [-0.2, 0) is 0 Å². The second-order valence-corrected chi connectivity index (χ2v) is 5.66. The molecule has 0 atom stereocenters. The third-order valence-electron chi connectivity index (χ3n) is 3.59. The van der Waals surface area contributed by atoms with E-state index in [0.29, 0.717) is 21.8 Å². The summed E-state index contributed by atoms with van der Waals surface area (Å²) in [6.45, 7) is 1.86. The van der Waals surface area contributed by atoms with Gasteiger partial charge in [0.25, 0.3) is 5.91 Å². The molecule has 1 heterocycles. The summed E-state index contributed by atoms with van der Waals surface area (Å²) in [5.74, 6) is -0.0808. The molecule has 0 bridgehead atoms. The number of halogens is 1. The molecule has 0 aliphatic rings. The summed E-state index contributed by atoms with van der Waals surface area (Å²) in [7, 11) is 1.51. The smallest absolute Gasteiger partial charge is 0.291 e. The first-order chi connectivity index (χ1) is 11.5. The summed E-state index contributed by atoms with van der Waals surface area (Å²) >= 11 is 6.04. The first kappa shape index (κ1) is 16.1. The van der Waals surface area contributed by atoms with Gasteiger partial charge in [-0.15, -0.1) is 0 Å². The molecule has 6 heteroatoms. The number of fused-ring (bicyclic) bond motifs is 1. The molecule has 1 aromatic heterocycles. The number of ether oxygens (including phenoxy) is 1. The van der Waals surface area contributed by atoms with Crippen LogP contribution in [0.3, 0.4) is 0 Å². The Kier molecular flexibility index (Phi) is 4.27. The van der Waals surface area contributed by atoms with E-state index in [4.69, 9.17) is 20.8 Å². The van der Waals surface area contributed by atoms with Crippen molar-refractivity contribution in [3.05, 3.63) is 69.0 Å². The lowest BCUT2D eigenvalue weighted by Gasteiger charge is -2.07. The van der Waals surface area contributed by atoms with E-state index in [-0.39, 0.29) is 16.8 Å². The highest BCUT2D eigenvalue weighted by Gasteiger charge is 2.13. The average Bonchev–Trinajstić information content (AvgIpc) is 2.57. The van der Waals surface area contributed by atoms with E-state index in [1.807, 2.05) is 6.92 Å². The van der Waals surface area contributed by atoms with Gasteiger partial charge in [-0.1, -0.05) is 17.7 Å². The fraction of sp³-hybridized carbons (Fsp3) is 0.111. The number of rotatable bonds is 3. The number of amides is 1. The van der Waals surface area contributed by atoms with Gasteiger partial charge in [0.05, 0.1) is 12.5 Å². The molecule has 2 aromatic carbocycles. The molecule has 0 unspecified atom stereocenters. The van der Waals surface area contributed by atoms with E-state index in [2.05, 4.69) is 5.32 Å². The number of benzene rings is 2. The van der Waals surface area contributed by atoms with Crippen molar-refractivity contribution in [3.8, 4) is 5.75 Å². The minimum absolute atomic E-state index is 0.0857. The molecule has 0 spiro atoms. The van der Waals surface area contributed by atoms with Gasteiger partial charge in [-0.2, -0.15) is 0 Å². The molecule has 0 aliphatic heterocycles. The van der Waals surface area contributed by atoms with Crippen molar-refractivity contribution in [2.45, 2.75) is 6.92 Å². The molecule has 0 fully saturated rings. The van der Waals surface area contributed by atoms with Crippen LogP contribution in [0.1, 0.15) is 16.1 Å². The Labute approximate surface area is 142 Å². The molecule has 3 aromatic rings. The van der Waals surface area contributed by atoms with E-state index in [9.17, 15) is 9.59 Å². The number of aryl methyl sites for hydroxylation is 1. The van der Waals surface area contributed by atoms with Crippen LogP contribution in [0.5, 0.6) is 5.75 Å². The Morgan fingerprint density at radius 3 is 2.67 bits per heavy atom. The summed E-state index contributed by atoms with van der Waals surface area (Å²) in [4.78, 5) is 24.5. The van der Waals surface area contributed by atoms with Gasteiger partial charge in [-0.3, -0.25) is 9.59 Å². The molecule has 0 aliphatic carbocycles. The van der Waals surface area contributed by atoms with Gasteiger partial charge in [-0.25, -0.2) is 0 Å². The van der Waals surface area contributed by atoms with Gasteiger partial charge in [0.1, 0.15) is 11.3 Å². The number of anilines is 1. The number of methoxy groups -OCH3 is 1. The second-order valence-electron chi connectivity index (χ2n) is 5.26. The number of carbonyl (C=O) groups excluding carboxylic acids is 1. The summed E-state index contributed by atoms with van der Waals surface area (Å²) in [6, 6.07) is 11.1. The first-order valence-corrected chi connectivity index (χ1v) is 7.55. The standard InChI is InChI=1S/C18H14ClNO4/c1-10-3-4-11(7-14(10)19)20-18(22)17-9-15(21)13-6-5-12(23-2)8-16(13)24-17/h3-9H,1-2H3,(H,20,22). The minimum Gasteiger partial charge on any atom is -0.497 e. The Morgan fingerprint density at radius 1 is 1.17 bits per heavy atom.